The van der Waals surface area contributed by atoms with Crippen LogP contribution in [0, 0.1) is 12.3 Å². The molecule has 4 heteroatoms. The van der Waals surface area contributed by atoms with Gasteiger partial charge in [-0.25, -0.2) is 4.98 Å². The van der Waals surface area contributed by atoms with Gasteiger partial charge in [-0.15, -0.1) is 0 Å². The maximum Gasteiger partial charge on any atom is 0.140 e. The molecule has 3 nitrogen and oxygen atoms in total. The van der Waals surface area contributed by atoms with Crippen molar-refractivity contribution in [1.29, 1.82) is 0 Å². The molecule has 16 heavy (non-hydrogen) atoms. The molecule has 0 radical (unpaired) electrons. The van der Waals surface area contributed by atoms with E-state index in [0.717, 1.165) is 28.8 Å². The third kappa shape index (κ3) is 3.76. The molecule has 0 aromatic carbocycles. The van der Waals surface area contributed by atoms with Crippen LogP contribution in [0.4, 0.5) is 5.82 Å². The van der Waals surface area contributed by atoms with E-state index in [1.54, 1.807) is 6.20 Å². The van der Waals surface area contributed by atoms with Gasteiger partial charge in [0, 0.05) is 19.3 Å². The number of hydrogen-bond acceptors (Lipinski definition) is 3. The Morgan fingerprint density at radius 1 is 1.50 bits per heavy atom. The Hall–Kier alpha value is -0.610. The number of hydrogen-bond donors (Lipinski definition) is 2. The van der Waals surface area contributed by atoms with E-state index in [-0.39, 0.29) is 12.0 Å². The molecule has 0 bridgehead atoms. The highest BCUT2D eigenvalue weighted by atomic mass is 79.9. The minimum absolute atomic E-state index is 0.0691. The summed E-state index contributed by atoms with van der Waals surface area (Å²) in [5.74, 6) is 0.867. The molecule has 0 unspecified atom stereocenters. The number of aliphatic hydroxyl groups excluding tert-OH is 1. The molecule has 1 rings (SSSR count). The zero-order valence-corrected chi connectivity index (χ0v) is 11.6. The molecule has 0 saturated carbocycles. The van der Waals surface area contributed by atoms with E-state index in [1.807, 2.05) is 13.0 Å². The first-order valence-corrected chi connectivity index (χ1v) is 6.21. The van der Waals surface area contributed by atoms with Gasteiger partial charge in [-0.2, -0.15) is 0 Å². The molecule has 0 aliphatic heterocycles. The summed E-state index contributed by atoms with van der Waals surface area (Å²) in [5.41, 5.74) is 1.23. The molecule has 2 N–H and O–H groups in total. The summed E-state index contributed by atoms with van der Waals surface area (Å²) in [5, 5.41) is 12.3. The van der Waals surface area contributed by atoms with Gasteiger partial charge in [0.2, 0.25) is 0 Å². The maximum atomic E-state index is 8.95. The number of rotatable bonds is 5. The molecule has 0 amide bonds. The van der Waals surface area contributed by atoms with Gasteiger partial charge in [0.1, 0.15) is 5.82 Å². The Morgan fingerprint density at radius 3 is 2.81 bits per heavy atom. The van der Waals surface area contributed by atoms with Gasteiger partial charge in [-0.3, -0.25) is 0 Å². The predicted molar refractivity (Wildman–Crippen MR) is 70.6 cm³/mol. The normalized spacial score (nSPS) is 11.6. The van der Waals surface area contributed by atoms with Gasteiger partial charge in [-0.05, 0) is 46.3 Å². The largest absolute Gasteiger partial charge is 0.396 e. The fourth-order valence-corrected chi connectivity index (χ4v) is 1.75. The Labute approximate surface area is 105 Å². The number of aliphatic hydroxyl groups is 1. The van der Waals surface area contributed by atoms with Gasteiger partial charge in [0.25, 0.3) is 0 Å². The highest BCUT2D eigenvalue weighted by Gasteiger charge is 2.17. The molecule has 0 fully saturated rings. The number of aryl methyl sites for hydroxylation is 1. The van der Waals surface area contributed by atoms with Crippen LogP contribution >= 0.6 is 15.9 Å². The van der Waals surface area contributed by atoms with Crippen molar-refractivity contribution in [3.05, 3.63) is 22.3 Å². The molecule has 0 spiro atoms. The van der Waals surface area contributed by atoms with E-state index in [2.05, 4.69) is 40.1 Å². The van der Waals surface area contributed by atoms with Gasteiger partial charge >= 0.3 is 0 Å². The van der Waals surface area contributed by atoms with Crippen LogP contribution < -0.4 is 5.32 Å². The average Bonchev–Trinajstić information content (AvgIpc) is 2.20. The van der Waals surface area contributed by atoms with Crippen molar-refractivity contribution < 1.29 is 5.11 Å². The molecule has 0 atom stereocenters. The maximum absolute atomic E-state index is 8.95. The standard InChI is InChI=1S/C12H19BrN2O/c1-9-4-6-14-11(10(9)13)15-8-12(2,3)5-7-16/h4,6,16H,5,7-8H2,1-3H3,(H,14,15). The van der Waals surface area contributed by atoms with E-state index in [4.69, 9.17) is 5.11 Å². The Balaban J connectivity index is 2.64. The van der Waals surface area contributed by atoms with Crippen molar-refractivity contribution >= 4 is 21.7 Å². The van der Waals surface area contributed by atoms with Gasteiger partial charge < -0.3 is 10.4 Å². The number of pyridine rings is 1. The highest BCUT2D eigenvalue weighted by Crippen LogP contribution is 2.26. The number of anilines is 1. The Morgan fingerprint density at radius 2 is 2.19 bits per heavy atom. The van der Waals surface area contributed by atoms with Crippen molar-refractivity contribution in [2.24, 2.45) is 5.41 Å². The quantitative estimate of drug-likeness (QED) is 0.875. The zero-order valence-electron chi connectivity index (χ0n) is 10.0. The molecular weight excluding hydrogens is 268 g/mol. The van der Waals surface area contributed by atoms with E-state index in [1.165, 1.54) is 0 Å². The van der Waals surface area contributed by atoms with Crippen LogP contribution in [0.5, 0.6) is 0 Å². The average molecular weight is 287 g/mol. The lowest BCUT2D eigenvalue weighted by Gasteiger charge is -2.24. The lowest BCUT2D eigenvalue weighted by atomic mass is 9.90. The fourth-order valence-electron chi connectivity index (χ4n) is 1.38. The summed E-state index contributed by atoms with van der Waals surface area (Å²) in [7, 11) is 0. The second kappa shape index (κ2) is 5.64. The molecular formula is C12H19BrN2O. The number of nitrogens with zero attached hydrogens (tertiary/aromatic N) is 1. The van der Waals surface area contributed by atoms with Crippen LogP contribution in [-0.4, -0.2) is 23.2 Å². The molecule has 0 aliphatic rings. The number of nitrogens with one attached hydrogen (secondary N) is 1. The molecule has 1 aromatic heterocycles. The molecule has 90 valence electrons. The molecule has 1 heterocycles. The molecule has 0 saturated heterocycles. The van der Waals surface area contributed by atoms with Crippen LogP contribution in [-0.2, 0) is 0 Å². The smallest absolute Gasteiger partial charge is 0.140 e. The van der Waals surface area contributed by atoms with Crippen LogP contribution in [0.3, 0.4) is 0 Å². The summed E-state index contributed by atoms with van der Waals surface area (Å²) in [6.07, 6.45) is 2.57. The summed E-state index contributed by atoms with van der Waals surface area (Å²) in [6.45, 7) is 7.30. The highest BCUT2D eigenvalue weighted by molar-refractivity contribution is 9.10. The first kappa shape index (κ1) is 13.5. The fraction of sp³-hybridized carbons (Fsp3) is 0.583. The third-order valence-corrected chi connectivity index (χ3v) is 3.61. The first-order valence-electron chi connectivity index (χ1n) is 5.42. The summed E-state index contributed by atoms with van der Waals surface area (Å²) >= 11 is 3.51. The summed E-state index contributed by atoms with van der Waals surface area (Å²) in [6, 6.07) is 1.97. The van der Waals surface area contributed by atoms with Crippen LogP contribution in [0.15, 0.2) is 16.7 Å². The SMILES string of the molecule is Cc1ccnc(NCC(C)(C)CCO)c1Br. The minimum atomic E-state index is 0.0691. The molecule has 1 aromatic rings. The van der Waals surface area contributed by atoms with Crippen LogP contribution in [0.25, 0.3) is 0 Å². The van der Waals surface area contributed by atoms with Crippen molar-refractivity contribution in [2.75, 3.05) is 18.5 Å². The summed E-state index contributed by atoms with van der Waals surface area (Å²) in [4.78, 5) is 4.28. The predicted octanol–water partition coefficient (Wildman–Crippen LogP) is 2.97. The van der Waals surface area contributed by atoms with Crippen LogP contribution in [0.1, 0.15) is 25.8 Å². The number of halogens is 1. The van der Waals surface area contributed by atoms with Gasteiger partial charge in [0.05, 0.1) is 4.47 Å². The van der Waals surface area contributed by atoms with Crippen molar-refractivity contribution in [2.45, 2.75) is 27.2 Å². The van der Waals surface area contributed by atoms with Crippen molar-refractivity contribution in [3.8, 4) is 0 Å². The van der Waals surface area contributed by atoms with Crippen LogP contribution in [0.2, 0.25) is 0 Å². The zero-order chi connectivity index (χ0) is 12.2. The lowest BCUT2D eigenvalue weighted by Crippen LogP contribution is -2.24. The Kier molecular flexibility index (Phi) is 4.74. The van der Waals surface area contributed by atoms with E-state index in [0.29, 0.717) is 0 Å². The second-order valence-electron chi connectivity index (χ2n) is 4.78. The number of aromatic nitrogens is 1. The first-order chi connectivity index (χ1) is 7.46. The Bertz CT molecular complexity index is 353. The lowest BCUT2D eigenvalue weighted by molar-refractivity contribution is 0.220. The minimum Gasteiger partial charge on any atom is -0.396 e. The van der Waals surface area contributed by atoms with Gasteiger partial charge in [-0.1, -0.05) is 13.8 Å². The van der Waals surface area contributed by atoms with Crippen molar-refractivity contribution in [3.63, 3.8) is 0 Å². The van der Waals surface area contributed by atoms with Gasteiger partial charge in [0.15, 0.2) is 0 Å². The topological polar surface area (TPSA) is 45.2 Å². The summed E-state index contributed by atoms with van der Waals surface area (Å²) < 4.78 is 1.01. The molecule has 0 aliphatic carbocycles. The van der Waals surface area contributed by atoms with Crippen molar-refractivity contribution in [1.82, 2.24) is 4.98 Å². The third-order valence-electron chi connectivity index (χ3n) is 2.61. The monoisotopic (exact) mass is 286 g/mol. The van der Waals surface area contributed by atoms with E-state index >= 15 is 0 Å². The van der Waals surface area contributed by atoms with E-state index < -0.39 is 0 Å². The van der Waals surface area contributed by atoms with E-state index in [9.17, 15) is 0 Å². The second-order valence-corrected chi connectivity index (χ2v) is 5.57.